The quantitative estimate of drug-likeness (QED) is 0.631. The van der Waals surface area contributed by atoms with E-state index >= 15 is 0 Å². The minimum atomic E-state index is -0.170. The van der Waals surface area contributed by atoms with Crippen LogP contribution in [0.25, 0.3) is 5.69 Å². The lowest BCUT2D eigenvalue weighted by Gasteiger charge is -2.35. The number of methoxy groups -OCH3 is 1. The Bertz CT molecular complexity index is 1310. The van der Waals surface area contributed by atoms with E-state index in [0.717, 1.165) is 29.2 Å². The normalized spacial score (nSPS) is 23.1. The lowest BCUT2D eigenvalue weighted by molar-refractivity contribution is 0.0670. The molecule has 0 spiro atoms. The SMILES string of the molecule is COc1ccc2c(c1)C1(CN3CCn4c(ccc(-n5cnc(C)c5)c4=O)C3=O)C[C@H]1CO2. The number of ether oxygens (including phenoxy) is 2. The predicted molar refractivity (Wildman–Crippen MR) is 117 cm³/mol. The lowest BCUT2D eigenvalue weighted by atomic mass is 9.89. The summed E-state index contributed by atoms with van der Waals surface area (Å²) in [6, 6.07) is 9.37. The third kappa shape index (κ3) is 2.71. The van der Waals surface area contributed by atoms with Crippen LogP contribution in [0.2, 0.25) is 0 Å². The van der Waals surface area contributed by atoms with Crippen molar-refractivity contribution in [1.29, 1.82) is 0 Å². The first-order valence-electron chi connectivity index (χ1n) is 10.9. The molecule has 1 aliphatic carbocycles. The van der Waals surface area contributed by atoms with Gasteiger partial charge in [-0.25, -0.2) is 4.98 Å². The first kappa shape index (κ1) is 19.2. The van der Waals surface area contributed by atoms with Gasteiger partial charge in [0.05, 0.1) is 25.7 Å². The largest absolute Gasteiger partial charge is 0.497 e. The van der Waals surface area contributed by atoms with Crippen LogP contribution in [0.15, 0.2) is 47.7 Å². The minimum Gasteiger partial charge on any atom is -0.497 e. The van der Waals surface area contributed by atoms with E-state index in [1.54, 1.807) is 34.7 Å². The molecule has 3 aromatic rings. The summed E-state index contributed by atoms with van der Waals surface area (Å²) in [5.41, 5.74) is 2.62. The summed E-state index contributed by atoms with van der Waals surface area (Å²) in [5.74, 6) is 1.97. The van der Waals surface area contributed by atoms with E-state index in [9.17, 15) is 9.59 Å². The van der Waals surface area contributed by atoms with Crippen molar-refractivity contribution in [2.24, 2.45) is 5.92 Å². The van der Waals surface area contributed by atoms with E-state index in [1.807, 2.05) is 36.2 Å². The van der Waals surface area contributed by atoms with Gasteiger partial charge in [-0.1, -0.05) is 0 Å². The summed E-state index contributed by atoms with van der Waals surface area (Å²) in [5, 5.41) is 0. The highest BCUT2D eigenvalue weighted by atomic mass is 16.5. The number of rotatable bonds is 4. The number of amides is 1. The lowest BCUT2D eigenvalue weighted by Crippen LogP contribution is -2.48. The number of pyridine rings is 1. The molecule has 2 aliphatic heterocycles. The molecule has 0 radical (unpaired) electrons. The van der Waals surface area contributed by atoms with Crippen LogP contribution in [0.4, 0.5) is 0 Å². The summed E-state index contributed by atoms with van der Waals surface area (Å²) >= 11 is 0. The predicted octanol–water partition coefficient (Wildman–Crippen LogP) is 2.16. The Labute approximate surface area is 185 Å². The molecule has 1 amide bonds. The van der Waals surface area contributed by atoms with Crippen LogP contribution in [-0.4, -0.2) is 51.7 Å². The number of aromatic nitrogens is 3. The zero-order valence-corrected chi connectivity index (χ0v) is 18.1. The monoisotopic (exact) mass is 432 g/mol. The second kappa shape index (κ2) is 6.72. The zero-order valence-electron chi connectivity index (χ0n) is 18.1. The first-order valence-corrected chi connectivity index (χ1v) is 10.9. The summed E-state index contributed by atoms with van der Waals surface area (Å²) in [7, 11) is 1.66. The van der Waals surface area contributed by atoms with Gasteiger partial charge >= 0.3 is 0 Å². The maximum atomic E-state index is 13.4. The molecule has 1 unspecified atom stereocenters. The second-order valence-corrected chi connectivity index (χ2v) is 8.94. The van der Waals surface area contributed by atoms with Crippen LogP contribution >= 0.6 is 0 Å². The molecule has 32 heavy (non-hydrogen) atoms. The van der Waals surface area contributed by atoms with E-state index in [2.05, 4.69) is 4.98 Å². The van der Waals surface area contributed by atoms with Gasteiger partial charge in [0.15, 0.2) is 0 Å². The standard InChI is InChI=1S/C24H24N4O4/c1-15-11-27(14-25-15)19-4-5-20-22(29)26(7-8-28(20)23(19)30)13-24-10-16(24)12-32-21-6-3-17(31-2)9-18(21)24/h3-6,9,11,14,16H,7-8,10,12-13H2,1-2H3/t16-,24?/m0/s1. The van der Waals surface area contributed by atoms with Crippen LogP contribution in [0, 0.1) is 12.8 Å². The average Bonchev–Trinajstić information content (AvgIpc) is 3.38. The fourth-order valence-corrected chi connectivity index (χ4v) is 5.25. The molecular formula is C24H24N4O4. The number of nitrogens with zero attached hydrogens (tertiary/aromatic N) is 4. The van der Waals surface area contributed by atoms with E-state index in [0.29, 0.717) is 43.5 Å². The van der Waals surface area contributed by atoms with Crippen LogP contribution in [0.1, 0.15) is 28.2 Å². The number of imidazole rings is 1. The van der Waals surface area contributed by atoms with E-state index < -0.39 is 0 Å². The summed E-state index contributed by atoms with van der Waals surface area (Å²) in [6.45, 7) is 4.15. The molecule has 1 fully saturated rings. The van der Waals surface area contributed by atoms with E-state index in [1.165, 1.54) is 0 Å². The summed E-state index contributed by atoms with van der Waals surface area (Å²) in [6.07, 6.45) is 4.42. The van der Waals surface area contributed by atoms with Crippen molar-refractivity contribution >= 4 is 5.91 Å². The molecule has 6 rings (SSSR count). The van der Waals surface area contributed by atoms with Gasteiger partial charge in [-0.05, 0) is 43.7 Å². The maximum absolute atomic E-state index is 13.4. The Morgan fingerprint density at radius 3 is 2.88 bits per heavy atom. The van der Waals surface area contributed by atoms with Crippen LogP contribution in [-0.2, 0) is 12.0 Å². The van der Waals surface area contributed by atoms with Gasteiger partial charge in [0, 0.05) is 42.7 Å². The van der Waals surface area contributed by atoms with Crippen LogP contribution in [0.5, 0.6) is 11.5 Å². The molecule has 4 heterocycles. The third-order valence-electron chi connectivity index (χ3n) is 7.11. The van der Waals surface area contributed by atoms with Crippen molar-refractivity contribution in [2.75, 3.05) is 26.8 Å². The smallest absolute Gasteiger partial charge is 0.275 e. The zero-order chi connectivity index (χ0) is 22.0. The Kier molecular flexibility index (Phi) is 4.02. The fraction of sp³-hybridized carbons (Fsp3) is 0.375. The van der Waals surface area contributed by atoms with Gasteiger partial charge in [0.2, 0.25) is 0 Å². The third-order valence-corrected chi connectivity index (χ3v) is 7.11. The van der Waals surface area contributed by atoms with Crippen molar-refractivity contribution in [2.45, 2.75) is 25.3 Å². The molecule has 0 N–H and O–H groups in total. The number of hydrogen-bond donors (Lipinski definition) is 0. The Morgan fingerprint density at radius 1 is 1.22 bits per heavy atom. The average molecular weight is 432 g/mol. The number of aryl methyl sites for hydroxylation is 1. The Hall–Kier alpha value is -3.55. The molecule has 0 saturated heterocycles. The number of carbonyl (C=O) groups excluding carboxylic acids is 1. The number of fused-ring (bicyclic) bond motifs is 4. The topological polar surface area (TPSA) is 78.6 Å². The van der Waals surface area contributed by atoms with Crippen molar-refractivity contribution < 1.29 is 14.3 Å². The van der Waals surface area contributed by atoms with Gasteiger partial charge in [0.1, 0.15) is 22.9 Å². The molecule has 8 nitrogen and oxygen atoms in total. The van der Waals surface area contributed by atoms with Gasteiger partial charge in [-0.3, -0.25) is 9.59 Å². The minimum absolute atomic E-state index is 0.0994. The molecule has 164 valence electrons. The van der Waals surface area contributed by atoms with E-state index in [4.69, 9.17) is 9.47 Å². The number of benzene rings is 1. The Balaban J connectivity index is 1.31. The van der Waals surface area contributed by atoms with E-state index in [-0.39, 0.29) is 16.9 Å². The summed E-state index contributed by atoms with van der Waals surface area (Å²) in [4.78, 5) is 32.6. The summed E-state index contributed by atoms with van der Waals surface area (Å²) < 4.78 is 14.7. The number of hydrogen-bond acceptors (Lipinski definition) is 5. The van der Waals surface area contributed by atoms with Crippen LogP contribution in [0.3, 0.4) is 0 Å². The van der Waals surface area contributed by atoms with Gasteiger partial charge in [0.25, 0.3) is 11.5 Å². The highest BCUT2D eigenvalue weighted by Gasteiger charge is 2.60. The highest BCUT2D eigenvalue weighted by molar-refractivity contribution is 5.93. The first-order chi connectivity index (χ1) is 15.5. The van der Waals surface area contributed by atoms with Gasteiger partial charge in [-0.2, -0.15) is 0 Å². The van der Waals surface area contributed by atoms with Crippen LogP contribution < -0.4 is 15.0 Å². The molecule has 0 bridgehead atoms. The van der Waals surface area contributed by atoms with Gasteiger partial charge < -0.3 is 23.5 Å². The van der Waals surface area contributed by atoms with Gasteiger partial charge in [-0.15, -0.1) is 0 Å². The molecule has 1 aromatic carbocycles. The fourth-order valence-electron chi connectivity index (χ4n) is 5.25. The van der Waals surface area contributed by atoms with Crippen molar-refractivity contribution in [1.82, 2.24) is 19.0 Å². The highest BCUT2D eigenvalue weighted by Crippen LogP contribution is 2.60. The molecule has 3 aliphatic rings. The number of carbonyl (C=O) groups is 1. The second-order valence-electron chi connectivity index (χ2n) is 8.94. The molecule has 8 heteroatoms. The molecule has 2 aromatic heterocycles. The molecule has 1 saturated carbocycles. The molecular weight excluding hydrogens is 408 g/mol. The van der Waals surface area contributed by atoms with Crippen molar-refractivity contribution in [3.63, 3.8) is 0 Å². The Morgan fingerprint density at radius 2 is 2.09 bits per heavy atom. The maximum Gasteiger partial charge on any atom is 0.275 e. The van der Waals surface area contributed by atoms with Crippen molar-refractivity contribution in [3.05, 3.63) is 70.2 Å². The molecule has 2 atom stereocenters. The van der Waals surface area contributed by atoms with Crippen molar-refractivity contribution in [3.8, 4) is 17.2 Å².